The highest BCUT2D eigenvalue weighted by Gasteiger charge is 2.34. The van der Waals surface area contributed by atoms with E-state index in [2.05, 4.69) is 6.92 Å². The summed E-state index contributed by atoms with van der Waals surface area (Å²) in [5, 5.41) is 0. The van der Waals surface area contributed by atoms with Gasteiger partial charge in [0.2, 0.25) is 0 Å². The lowest BCUT2D eigenvalue weighted by molar-refractivity contribution is 0.0106. The predicted molar refractivity (Wildman–Crippen MR) is 131 cm³/mol. The van der Waals surface area contributed by atoms with Crippen molar-refractivity contribution in [3.8, 4) is 0 Å². The molecule has 0 radical (unpaired) electrons. The molecule has 0 spiro atoms. The third kappa shape index (κ3) is 10.8. The SMILES string of the molecule is CCCCCCCCCCCCCOCCOCCOCCN1C(=O)c2ccccc2C1=O. The van der Waals surface area contributed by atoms with Gasteiger partial charge in [-0.15, -0.1) is 0 Å². The highest BCUT2D eigenvalue weighted by atomic mass is 16.5. The molecule has 0 atom stereocenters. The number of fused-ring (bicyclic) bond motifs is 1. The van der Waals surface area contributed by atoms with Crippen molar-refractivity contribution in [1.82, 2.24) is 4.90 Å². The molecule has 1 aliphatic heterocycles. The van der Waals surface area contributed by atoms with Crippen LogP contribution in [0.15, 0.2) is 24.3 Å². The predicted octanol–water partition coefficient (Wildman–Crippen LogP) is 5.64. The number of benzene rings is 1. The van der Waals surface area contributed by atoms with Gasteiger partial charge in [0.25, 0.3) is 11.8 Å². The third-order valence-electron chi connectivity index (χ3n) is 5.97. The molecule has 186 valence electrons. The first-order valence-electron chi connectivity index (χ1n) is 12.9. The third-order valence-corrected chi connectivity index (χ3v) is 5.97. The topological polar surface area (TPSA) is 65.1 Å². The van der Waals surface area contributed by atoms with Crippen LogP contribution in [0.25, 0.3) is 0 Å². The van der Waals surface area contributed by atoms with Crippen LogP contribution in [0, 0.1) is 0 Å². The maximum atomic E-state index is 12.2. The summed E-state index contributed by atoms with van der Waals surface area (Å²) in [4.78, 5) is 25.7. The molecule has 1 heterocycles. The van der Waals surface area contributed by atoms with Gasteiger partial charge in [0, 0.05) is 6.61 Å². The summed E-state index contributed by atoms with van der Waals surface area (Å²) in [7, 11) is 0. The van der Waals surface area contributed by atoms with E-state index in [4.69, 9.17) is 14.2 Å². The number of rotatable bonds is 21. The van der Waals surface area contributed by atoms with E-state index in [1.807, 2.05) is 0 Å². The van der Waals surface area contributed by atoms with Gasteiger partial charge in [0.1, 0.15) is 0 Å². The number of hydrogen-bond donors (Lipinski definition) is 0. The van der Waals surface area contributed by atoms with Crippen LogP contribution in [-0.4, -0.2) is 62.9 Å². The lowest BCUT2D eigenvalue weighted by Gasteiger charge is -2.13. The Bertz CT molecular complexity index is 643. The standard InChI is InChI=1S/C27H43NO5/c1-2-3-4-5-6-7-8-9-10-11-14-18-31-20-22-33-23-21-32-19-17-28-26(29)24-15-12-13-16-25(24)27(28)30/h12-13,15-16H,2-11,14,17-23H2,1H3. The summed E-state index contributed by atoms with van der Waals surface area (Å²) in [5.74, 6) is -0.490. The van der Waals surface area contributed by atoms with E-state index in [9.17, 15) is 9.59 Å². The van der Waals surface area contributed by atoms with Gasteiger partial charge in [-0.25, -0.2) is 0 Å². The van der Waals surface area contributed by atoms with Gasteiger partial charge in [-0.1, -0.05) is 83.3 Å². The molecule has 0 fully saturated rings. The Balaban J connectivity index is 1.30. The van der Waals surface area contributed by atoms with Crippen molar-refractivity contribution in [3.05, 3.63) is 35.4 Å². The van der Waals surface area contributed by atoms with Crippen molar-refractivity contribution in [1.29, 1.82) is 0 Å². The van der Waals surface area contributed by atoms with Crippen molar-refractivity contribution < 1.29 is 23.8 Å². The second kappa shape index (κ2) is 17.7. The molecule has 6 heteroatoms. The molecule has 1 aromatic rings. The highest BCUT2D eigenvalue weighted by molar-refractivity contribution is 6.21. The van der Waals surface area contributed by atoms with Crippen LogP contribution in [0.3, 0.4) is 0 Å². The lowest BCUT2D eigenvalue weighted by atomic mass is 10.1. The molecular weight excluding hydrogens is 418 g/mol. The molecule has 0 bridgehead atoms. The maximum Gasteiger partial charge on any atom is 0.261 e. The number of unbranched alkanes of at least 4 members (excludes halogenated alkanes) is 10. The zero-order valence-electron chi connectivity index (χ0n) is 20.5. The van der Waals surface area contributed by atoms with E-state index in [-0.39, 0.29) is 18.4 Å². The summed E-state index contributed by atoms with van der Waals surface area (Å²) in [6, 6.07) is 6.90. The first-order valence-corrected chi connectivity index (χ1v) is 12.9. The van der Waals surface area contributed by atoms with Crippen molar-refractivity contribution in [2.24, 2.45) is 0 Å². The quantitative estimate of drug-likeness (QED) is 0.175. The minimum atomic E-state index is -0.245. The van der Waals surface area contributed by atoms with E-state index in [1.165, 1.54) is 69.1 Å². The van der Waals surface area contributed by atoms with Crippen molar-refractivity contribution in [3.63, 3.8) is 0 Å². The number of amides is 2. The fourth-order valence-corrected chi connectivity index (χ4v) is 4.01. The van der Waals surface area contributed by atoms with Gasteiger partial charge < -0.3 is 14.2 Å². The average molecular weight is 462 g/mol. The molecule has 0 saturated heterocycles. The molecule has 33 heavy (non-hydrogen) atoms. The van der Waals surface area contributed by atoms with E-state index in [0.717, 1.165) is 13.0 Å². The van der Waals surface area contributed by atoms with E-state index >= 15 is 0 Å². The number of nitrogens with zero attached hydrogens (tertiary/aromatic N) is 1. The van der Waals surface area contributed by atoms with Crippen LogP contribution in [0.4, 0.5) is 0 Å². The second-order valence-corrected chi connectivity index (χ2v) is 8.68. The normalized spacial score (nSPS) is 13.2. The van der Waals surface area contributed by atoms with E-state index in [0.29, 0.717) is 44.2 Å². The Morgan fingerprint density at radius 2 is 1.00 bits per heavy atom. The molecule has 1 aromatic carbocycles. The van der Waals surface area contributed by atoms with E-state index < -0.39 is 0 Å². The molecule has 1 aliphatic rings. The van der Waals surface area contributed by atoms with Gasteiger partial charge in [0.15, 0.2) is 0 Å². The van der Waals surface area contributed by atoms with Crippen LogP contribution >= 0.6 is 0 Å². The van der Waals surface area contributed by atoms with Crippen molar-refractivity contribution >= 4 is 11.8 Å². The monoisotopic (exact) mass is 461 g/mol. The number of ether oxygens (including phenoxy) is 3. The molecule has 0 N–H and O–H groups in total. The fraction of sp³-hybridized carbons (Fsp3) is 0.704. The largest absolute Gasteiger partial charge is 0.379 e. The molecule has 0 unspecified atom stereocenters. The smallest absolute Gasteiger partial charge is 0.261 e. The van der Waals surface area contributed by atoms with Crippen LogP contribution in [0.2, 0.25) is 0 Å². The van der Waals surface area contributed by atoms with Gasteiger partial charge in [-0.3, -0.25) is 14.5 Å². The molecule has 2 amide bonds. The number of hydrogen-bond acceptors (Lipinski definition) is 5. The van der Waals surface area contributed by atoms with Crippen LogP contribution in [-0.2, 0) is 14.2 Å². The molecular formula is C27H43NO5. The summed E-state index contributed by atoms with van der Waals surface area (Å²) in [6.07, 6.45) is 14.7. The first-order chi connectivity index (χ1) is 16.3. The minimum absolute atomic E-state index is 0.245. The van der Waals surface area contributed by atoms with Gasteiger partial charge in [-0.2, -0.15) is 0 Å². The van der Waals surface area contributed by atoms with Crippen molar-refractivity contribution in [2.45, 2.75) is 77.6 Å². The van der Waals surface area contributed by atoms with Crippen LogP contribution in [0.5, 0.6) is 0 Å². The summed E-state index contributed by atoms with van der Waals surface area (Å²) >= 11 is 0. The van der Waals surface area contributed by atoms with Gasteiger partial charge >= 0.3 is 0 Å². The summed E-state index contributed by atoms with van der Waals surface area (Å²) in [6.45, 7) is 5.70. The first kappa shape index (κ1) is 27.5. The molecule has 0 saturated carbocycles. The minimum Gasteiger partial charge on any atom is -0.379 e. The Labute approximate surface area is 200 Å². The Morgan fingerprint density at radius 1 is 0.576 bits per heavy atom. The second-order valence-electron chi connectivity index (χ2n) is 8.68. The van der Waals surface area contributed by atoms with Crippen LogP contribution < -0.4 is 0 Å². The summed E-state index contributed by atoms with van der Waals surface area (Å²) in [5.41, 5.74) is 0.943. The Hall–Kier alpha value is -1.76. The molecule has 2 rings (SSSR count). The Kier molecular flexibility index (Phi) is 14.7. The zero-order chi connectivity index (χ0) is 23.6. The Morgan fingerprint density at radius 3 is 1.52 bits per heavy atom. The van der Waals surface area contributed by atoms with Gasteiger partial charge in [0.05, 0.1) is 50.7 Å². The zero-order valence-corrected chi connectivity index (χ0v) is 20.5. The number of carbonyl (C=O) groups is 2. The highest BCUT2D eigenvalue weighted by Crippen LogP contribution is 2.21. The summed E-state index contributed by atoms with van der Waals surface area (Å²) < 4.78 is 16.6. The maximum absolute atomic E-state index is 12.2. The number of carbonyl (C=O) groups excluding carboxylic acids is 2. The lowest BCUT2D eigenvalue weighted by Crippen LogP contribution is -2.33. The molecule has 0 aliphatic carbocycles. The van der Waals surface area contributed by atoms with E-state index in [1.54, 1.807) is 24.3 Å². The van der Waals surface area contributed by atoms with Gasteiger partial charge in [-0.05, 0) is 18.6 Å². The number of imide groups is 1. The molecule has 6 nitrogen and oxygen atoms in total. The molecule has 0 aromatic heterocycles. The average Bonchev–Trinajstić information content (AvgIpc) is 3.07. The fourth-order valence-electron chi connectivity index (χ4n) is 4.01. The van der Waals surface area contributed by atoms with Crippen molar-refractivity contribution in [2.75, 3.05) is 46.2 Å². The van der Waals surface area contributed by atoms with Crippen LogP contribution in [0.1, 0.15) is 98.3 Å².